The second kappa shape index (κ2) is 4.91. The molecule has 16 heavy (non-hydrogen) atoms. The predicted molar refractivity (Wildman–Crippen MR) is 53.7 cm³/mol. The summed E-state index contributed by atoms with van der Waals surface area (Å²) in [7, 11) is 0. The summed E-state index contributed by atoms with van der Waals surface area (Å²) in [5.74, 6) is -2.84. The lowest BCUT2D eigenvalue weighted by Gasteiger charge is -2.14. The van der Waals surface area contributed by atoms with E-state index in [9.17, 15) is 14.3 Å². The van der Waals surface area contributed by atoms with Crippen LogP contribution in [0.15, 0.2) is 12.1 Å². The molecule has 0 amide bonds. The van der Waals surface area contributed by atoms with Crippen LogP contribution in [0.4, 0.5) is 4.39 Å². The number of aliphatic hydroxyl groups is 1. The summed E-state index contributed by atoms with van der Waals surface area (Å²) < 4.78 is 13.4. The molecule has 1 aromatic carbocycles. The van der Waals surface area contributed by atoms with Crippen molar-refractivity contribution in [3.8, 4) is 5.75 Å². The number of carboxylic acid groups (broad SMARTS) is 1. The summed E-state index contributed by atoms with van der Waals surface area (Å²) in [5.41, 5.74) is 4.83. The van der Waals surface area contributed by atoms with Crippen LogP contribution in [0.5, 0.6) is 5.75 Å². The first-order chi connectivity index (χ1) is 7.49. The lowest BCUT2D eigenvalue weighted by atomic mass is 10.00. The van der Waals surface area contributed by atoms with Crippen LogP contribution in [0, 0.1) is 5.82 Å². The minimum Gasteiger partial charge on any atom is -0.507 e. The van der Waals surface area contributed by atoms with Crippen LogP contribution in [0.1, 0.15) is 28.4 Å². The third kappa shape index (κ3) is 2.29. The van der Waals surface area contributed by atoms with E-state index in [2.05, 4.69) is 0 Å². The van der Waals surface area contributed by atoms with Crippen molar-refractivity contribution in [3.63, 3.8) is 0 Å². The third-order valence-corrected chi connectivity index (χ3v) is 2.21. The van der Waals surface area contributed by atoms with Crippen LogP contribution in [-0.2, 0) is 0 Å². The highest BCUT2D eigenvalue weighted by Gasteiger charge is 2.21. The van der Waals surface area contributed by atoms with Gasteiger partial charge in [0.25, 0.3) is 0 Å². The standard InChI is InChI=1S/C10H12FNO4/c11-6-2-1-5(10(15)16)9(14)8(6)7(12)3-4-13/h1-2,7,13-14H,3-4,12H2,(H,15,16)/t7-/m0/s1. The van der Waals surface area contributed by atoms with Gasteiger partial charge in [-0.25, -0.2) is 9.18 Å². The highest BCUT2D eigenvalue weighted by atomic mass is 19.1. The quantitative estimate of drug-likeness (QED) is 0.605. The number of hydrogen-bond acceptors (Lipinski definition) is 4. The van der Waals surface area contributed by atoms with Gasteiger partial charge in [-0.15, -0.1) is 0 Å². The Bertz CT molecular complexity index is 408. The van der Waals surface area contributed by atoms with Crippen molar-refractivity contribution in [3.05, 3.63) is 29.1 Å². The molecule has 0 aliphatic rings. The molecule has 0 saturated heterocycles. The Morgan fingerprint density at radius 2 is 2.12 bits per heavy atom. The highest BCUT2D eigenvalue weighted by Crippen LogP contribution is 2.30. The minimum absolute atomic E-state index is 0.0353. The number of aliphatic hydroxyl groups excluding tert-OH is 1. The van der Waals surface area contributed by atoms with Crippen LogP contribution in [0.25, 0.3) is 0 Å². The van der Waals surface area contributed by atoms with Crippen molar-refractivity contribution in [1.29, 1.82) is 0 Å². The summed E-state index contributed by atoms with van der Waals surface area (Å²) in [5, 5.41) is 26.9. The summed E-state index contributed by atoms with van der Waals surface area (Å²) in [6.07, 6.45) is 0.0353. The van der Waals surface area contributed by atoms with Crippen molar-refractivity contribution in [2.24, 2.45) is 5.73 Å². The number of halogens is 1. The molecule has 1 aromatic rings. The molecule has 0 aromatic heterocycles. The smallest absolute Gasteiger partial charge is 0.339 e. The van der Waals surface area contributed by atoms with E-state index in [-0.39, 0.29) is 18.6 Å². The molecule has 0 aliphatic carbocycles. The molecule has 88 valence electrons. The zero-order valence-electron chi connectivity index (χ0n) is 8.35. The van der Waals surface area contributed by atoms with Gasteiger partial charge < -0.3 is 21.1 Å². The van der Waals surface area contributed by atoms with Crippen molar-refractivity contribution >= 4 is 5.97 Å². The van der Waals surface area contributed by atoms with Crippen LogP contribution >= 0.6 is 0 Å². The van der Waals surface area contributed by atoms with E-state index in [0.29, 0.717) is 0 Å². The van der Waals surface area contributed by atoms with Gasteiger partial charge in [0.1, 0.15) is 17.1 Å². The Hall–Kier alpha value is -1.66. The molecule has 0 spiro atoms. The molecule has 5 N–H and O–H groups in total. The number of benzene rings is 1. The van der Waals surface area contributed by atoms with E-state index >= 15 is 0 Å². The lowest BCUT2D eigenvalue weighted by Crippen LogP contribution is -2.15. The Morgan fingerprint density at radius 3 is 2.62 bits per heavy atom. The molecule has 5 nitrogen and oxygen atoms in total. The molecule has 0 radical (unpaired) electrons. The number of aromatic carboxylic acids is 1. The van der Waals surface area contributed by atoms with Crippen molar-refractivity contribution in [2.75, 3.05) is 6.61 Å². The second-order valence-corrected chi connectivity index (χ2v) is 3.28. The van der Waals surface area contributed by atoms with Gasteiger partial charge in [0.05, 0.1) is 0 Å². The largest absolute Gasteiger partial charge is 0.507 e. The van der Waals surface area contributed by atoms with Crippen LogP contribution < -0.4 is 5.73 Å². The van der Waals surface area contributed by atoms with Gasteiger partial charge in [0.2, 0.25) is 0 Å². The molecule has 0 fully saturated rings. The Labute approximate surface area is 90.9 Å². The van der Waals surface area contributed by atoms with Crippen LogP contribution in [0.2, 0.25) is 0 Å². The molecular formula is C10H12FNO4. The topological polar surface area (TPSA) is 104 Å². The van der Waals surface area contributed by atoms with E-state index in [1.807, 2.05) is 0 Å². The number of carbonyl (C=O) groups is 1. The first kappa shape index (κ1) is 12.4. The monoisotopic (exact) mass is 229 g/mol. The van der Waals surface area contributed by atoms with Gasteiger partial charge in [0, 0.05) is 18.2 Å². The fourth-order valence-corrected chi connectivity index (χ4v) is 1.39. The molecule has 1 rings (SSSR count). The Morgan fingerprint density at radius 1 is 1.50 bits per heavy atom. The number of nitrogens with two attached hydrogens (primary N) is 1. The van der Waals surface area contributed by atoms with Gasteiger partial charge in [0.15, 0.2) is 0 Å². The highest BCUT2D eigenvalue weighted by molar-refractivity contribution is 5.91. The summed E-state index contributed by atoms with van der Waals surface area (Å²) in [6, 6.07) is 0.946. The van der Waals surface area contributed by atoms with Crippen LogP contribution in [0.3, 0.4) is 0 Å². The van der Waals surface area contributed by atoms with Gasteiger partial charge in [-0.05, 0) is 18.6 Å². The zero-order valence-corrected chi connectivity index (χ0v) is 8.35. The second-order valence-electron chi connectivity index (χ2n) is 3.28. The first-order valence-corrected chi connectivity index (χ1v) is 4.60. The first-order valence-electron chi connectivity index (χ1n) is 4.60. The lowest BCUT2D eigenvalue weighted by molar-refractivity contribution is 0.0693. The average Bonchev–Trinajstić information content (AvgIpc) is 2.17. The molecule has 0 heterocycles. The van der Waals surface area contributed by atoms with E-state index in [1.54, 1.807) is 0 Å². The fraction of sp³-hybridized carbons (Fsp3) is 0.300. The maximum absolute atomic E-state index is 13.4. The SMILES string of the molecule is N[C@@H](CCO)c1c(F)ccc(C(=O)O)c1O. The third-order valence-electron chi connectivity index (χ3n) is 2.21. The maximum atomic E-state index is 13.4. The van der Waals surface area contributed by atoms with Crippen molar-refractivity contribution in [2.45, 2.75) is 12.5 Å². The van der Waals surface area contributed by atoms with Gasteiger partial charge in [-0.3, -0.25) is 0 Å². The number of phenols is 1. The van der Waals surface area contributed by atoms with Gasteiger partial charge >= 0.3 is 5.97 Å². The molecule has 1 atom stereocenters. The molecule has 0 saturated carbocycles. The van der Waals surface area contributed by atoms with E-state index in [0.717, 1.165) is 12.1 Å². The zero-order chi connectivity index (χ0) is 12.3. The van der Waals surface area contributed by atoms with Crippen LogP contribution in [-0.4, -0.2) is 27.9 Å². The average molecular weight is 229 g/mol. The summed E-state index contributed by atoms with van der Waals surface area (Å²) in [4.78, 5) is 10.7. The van der Waals surface area contributed by atoms with E-state index in [4.69, 9.17) is 15.9 Å². The Kier molecular flexibility index (Phi) is 3.81. The predicted octanol–water partition coefficient (Wildman–Crippen LogP) is 0.612. The van der Waals surface area contributed by atoms with Gasteiger partial charge in [-0.1, -0.05) is 0 Å². The number of hydrogen-bond donors (Lipinski definition) is 4. The van der Waals surface area contributed by atoms with E-state index in [1.165, 1.54) is 0 Å². The molecule has 0 unspecified atom stereocenters. The summed E-state index contributed by atoms with van der Waals surface area (Å²) in [6.45, 7) is -0.280. The van der Waals surface area contributed by atoms with Crippen molar-refractivity contribution < 1.29 is 24.5 Å². The number of aromatic hydroxyl groups is 1. The van der Waals surface area contributed by atoms with E-state index < -0.39 is 29.1 Å². The fourth-order valence-electron chi connectivity index (χ4n) is 1.39. The number of rotatable bonds is 4. The molecule has 0 bridgehead atoms. The molecule has 6 heteroatoms. The summed E-state index contributed by atoms with van der Waals surface area (Å²) >= 11 is 0. The van der Waals surface area contributed by atoms with Crippen molar-refractivity contribution in [1.82, 2.24) is 0 Å². The Balaban J connectivity index is 3.26. The molecular weight excluding hydrogens is 217 g/mol. The normalized spacial score (nSPS) is 12.4. The minimum atomic E-state index is -1.37. The number of carboxylic acids is 1. The maximum Gasteiger partial charge on any atom is 0.339 e. The molecule has 0 aliphatic heterocycles. The van der Waals surface area contributed by atoms with Gasteiger partial charge in [-0.2, -0.15) is 0 Å².